The molecule has 1 aliphatic rings. The van der Waals surface area contributed by atoms with Crippen molar-refractivity contribution < 1.29 is 23.9 Å². The maximum atomic E-state index is 12.9. The Morgan fingerprint density at radius 1 is 1.07 bits per heavy atom. The zero-order chi connectivity index (χ0) is 20.3. The molecule has 0 saturated carbocycles. The van der Waals surface area contributed by atoms with Crippen LogP contribution in [0.4, 0.5) is 16.2 Å². The average molecular weight is 381 g/mol. The molecule has 0 bridgehead atoms. The van der Waals surface area contributed by atoms with E-state index in [1.54, 1.807) is 49.4 Å². The lowest BCUT2D eigenvalue weighted by atomic mass is 10.0. The molecule has 1 aliphatic heterocycles. The number of ether oxygens (including phenoxy) is 2. The van der Waals surface area contributed by atoms with Crippen molar-refractivity contribution in [1.29, 1.82) is 0 Å². The predicted molar refractivity (Wildman–Crippen MR) is 103 cm³/mol. The van der Waals surface area contributed by atoms with Gasteiger partial charge in [0.2, 0.25) is 5.91 Å². The Morgan fingerprint density at radius 3 is 2.50 bits per heavy atom. The second-order valence-corrected chi connectivity index (χ2v) is 6.05. The lowest BCUT2D eigenvalue weighted by Crippen LogP contribution is -2.58. The first-order chi connectivity index (χ1) is 13.5. The fourth-order valence-corrected chi connectivity index (χ4v) is 2.82. The lowest BCUT2D eigenvalue weighted by molar-refractivity contribution is -0.131. The molecule has 4 amide bonds. The standard InChI is InChI=1S/C20H19N3O5/c1-12-6-4-5-7-16(12)23-19(25)14(18(24)22-20(23)26)11-21-15-10-13(27-2)8-9-17(15)28-3/h4-11,14H,1-3H3,(H,22,24,26)/t14-/m1/s1. The molecule has 1 fully saturated rings. The molecule has 1 atom stereocenters. The molecule has 2 aromatic carbocycles. The molecule has 0 aromatic heterocycles. The lowest BCUT2D eigenvalue weighted by Gasteiger charge is -2.29. The number of aliphatic imine (C=N–C) groups is 1. The Balaban J connectivity index is 1.94. The minimum Gasteiger partial charge on any atom is -0.497 e. The van der Waals surface area contributed by atoms with Gasteiger partial charge in [-0.25, -0.2) is 9.69 Å². The number of barbiturate groups is 1. The smallest absolute Gasteiger partial charge is 0.335 e. The maximum Gasteiger partial charge on any atom is 0.335 e. The van der Waals surface area contributed by atoms with Crippen molar-refractivity contribution in [2.45, 2.75) is 6.92 Å². The van der Waals surface area contributed by atoms with Crippen molar-refractivity contribution in [2.24, 2.45) is 10.9 Å². The van der Waals surface area contributed by atoms with E-state index in [0.717, 1.165) is 10.5 Å². The highest BCUT2D eigenvalue weighted by Crippen LogP contribution is 2.32. The molecule has 0 spiro atoms. The van der Waals surface area contributed by atoms with E-state index in [2.05, 4.69) is 10.3 Å². The van der Waals surface area contributed by atoms with E-state index >= 15 is 0 Å². The molecule has 2 aromatic rings. The van der Waals surface area contributed by atoms with Gasteiger partial charge in [0, 0.05) is 12.3 Å². The summed E-state index contributed by atoms with van der Waals surface area (Å²) in [6.07, 6.45) is 1.20. The number of carbonyl (C=O) groups excluding carboxylic acids is 3. The van der Waals surface area contributed by atoms with Crippen LogP contribution in [0.3, 0.4) is 0 Å². The number of anilines is 1. The van der Waals surface area contributed by atoms with Gasteiger partial charge in [-0.3, -0.25) is 19.9 Å². The van der Waals surface area contributed by atoms with Gasteiger partial charge in [0.05, 0.1) is 19.9 Å². The van der Waals surface area contributed by atoms with Gasteiger partial charge in [0.25, 0.3) is 5.91 Å². The van der Waals surface area contributed by atoms with E-state index in [4.69, 9.17) is 9.47 Å². The highest BCUT2D eigenvalue weighted by atomic mass is 16.5. The molecule has 1 saturated heterocycles. The highest BCUT2D eigenvalue weighted by Gasteiger charge is 2.40. The number of aryl methyl sites for hydroxylation is 1. The number of para-hydroxylation sites is 1. The molecule has 8 nitrogen and oxygen atoms in total. The van der Waals surface area contributed by atoms with E-state index in [0.29, 0.717) is 22.9 Å². The average Bonchev–Trinajstić information content (AvgIpc) is 2.68. The van der Waals surface area contributed by atoms with Gasteiger partial charge in [-0.1, -0.05) is 18.2 Å². The maximum absolute atomic E-state index is 12.9. The number of carbonyl (C=O) groups is 3. The number of hydrogen-bond acceptors (Lipinski definition) is 6. The molecule has 1 N–H and O–H groups in total. The molecule has 28 heavy (non-hydrogen) atoms. The van der Waals surface area contributed by atoms with E-state index in [1.165, 1.54) is 20.4 Å². The number of imide groups is 2. The van der Waals surface area contributed by atoms with Gasteiger partial charge in [-0.05, 0) is 30.7 Å². The molecule has 0 unspecified atom stereocenters. The molecular weight excluding hydrogens is 362 g/mol. The topological polar surface area (TPSA) is 97.3 Å². The number of nitrogens with one attached hydrogen (secondary N) is 1. The van der Waals surface area contributed by atoms with Crippen molar-refractivity contribution in [3.63, 3.8) is 0 Å². The van der Waals surface area contributed by atoms with Gasteiger partial charge < -0.3 is 9.47 Å². The van der Waals surface area contributed by atoms with Crippen LogP contribution in [0.1, 0.15) is 5.56 Å². The van der Waals surface area contributed by atoms with Crippen LogP contribution in [-0.4, -0.2) is 38.3 Å². The van der Waals surface area contributed by atoms with E-state index < -0.39 is 23.8 Å². The third-order valence-corrected chi connectivity index (χ3v) is 4.31. The van der Waals surface area contributed by atoms with Crippen molar-refractivity contribution in [2.75, 3.05) is 19.1 Å². The first-order valence-corrected chi connectivity index (χ1v) is 8.47. The Kier molecular flexibility index (Phi) is 5.39. The molecule has 0 radical (unpaired) electrons. The van der Waals surface area contributed by atoms with Gasteiger partial charge in [0.15, 0.2) is 5.92 Å². The summed E-state index contributed by atoms with van der Waals surface area (Å²) in [6.45, 7) is 1.77. The van der Waals surface area contributed by atoms with Crippen molar-refractivity contribution >= 4 is 35.4 Å². The van der Waals surface area contributed by atoms with Crippen LogP contribution in [0.25, 0.3) is 0 Å². The fourth-order valence-electron chi connectivity index (χ4n) is 2.82. The minimum atomic E-state index is -1.26. The summed E-state index contributed by atoms with van der Waals surface area (Å²) in [6, 6.07) is 11.1. The van der Waals surface area contributed by atoms with Gasteiger partial charge >= 0.3 is 6.03 Å². The predicted octanol–water partition coefficient (Wildman–Crippen LogP) is 2.61. The molecule has 144 valence electrons. The number of amides is 4. The zero-order valence-corrected chi connectivity index (χ0v) is 15.6. The van der Waals surface area contributed by atoms with Crippen LogP contribution in [-0.2, 0) is 9.59 Å². The van der Waals surface area contributed by atoms with Crippen LogP contribution in [0.5, 0.6) is 11.5 Å². The molecular formula is C20H19N3O5. The molecule has 0 aliphatic carbocycles. The van der Waals surface area contributed by atoms with Crippen LogP contribution in [0.2, 0.25) is 0 Å². The van der Waals surface area contributed by atoms with Crippen molar-refractivity contribution in [3.05, 3.63) is 48.0 Å². The summed E-state index contributed by atoms with van der Waals surface area (Å²) in [5, 5.41) is 2.20. The summed E-state index contributed by atoms with van der Waals surface area (Å²) in [5.41, 5.74) is 1.53. The third kappa shape index (κ3) is 3.57. The van der Waals surface area contributed by atoms with Gasteiger partial charge in [0.1, 0.15) is 17.2 Å². The number of methoxy groups -OCH3 is 2. The van der Waals surface area contributed by atoms with Crippen LogP contribution in [0.15, 0.2) is 47.5 Å². The molecule has 8 heteroatoms. The molecule has 1 heterocycles. The Labute approximate surface area is 161 Å². The van der Waals surface area contributed by atoms with E-state index in [-0.39, 0.29) is 0 Å². The van der Waals surface area contributed by atoms with Crippen LogP contribution in [0, 0.1) is 12.8 Å². The monoisotopic (exact) mass is 381 g/mol. The van der Waals surface area contributed by atoms with Crippen molar-refractivity contribution in [1.82, 2.24) is 5.32 Å². The highest BCUT2D eigenvalue weighted by molar-refractivity contribution is 6.32. The number of nitrogens with zero attached hydrogens (tertiary/aromatic N) is 2. The van der Waals surface area contributed by atoms with E-state index in [1.807, 2.05) is 0 Å². The second-order valence-electron chi connectivity index (χ2n) is 6.05. The first-order valence-electron chi connectivity index (χ1n) is 8.47. The first kappa shape index (κ1) is 19.1. The largest absolute Gasteiger partial charge is 0.497 e. The summed E-state index contributed by atoms with van der Waals surface area (Å²) < 4.78 is 10.4. The summed E-state index contributed by atoms with van der Waals surface area (Å²) in [5.74, 6) is -1.66. The van der Waals surface area contributed by atoms with Crippen LogP contribution < -0.4 is 19.7 Å². The van der Waals surface area contributed by atoms with Crippen molar-refractivity contribution in [3.8, 4) is 11.5 Å². The molecule has 3 rings (SSSR count). The third-order valence-electron chi connectivity index (χ3n) is 4.31. The number of hydrogen-bond donors (Lipinski definition) is 1. The number of benzene rings is 2. The Hall–Kier alpha value is -3.68. The number of urea groups is 1. The van der Waals surface area contributed by atoms with Gasteiger partial charge in [-0.15, -0.1) is 0 Å². The summed E-state index contributed by atoms with van der Waals surface area (Å²) >= 11 is 0. The normalized spacial score (nSPS) is 17.0. The number of rotatable bonds is 5. The Morgan fingerprint density at radius 2 is 1.82 bits per heavy atom. The van der Waals surface area contributed by atoms with E-state index in [9.17, 15) is 14.4 Å². The minimum absolute atomic E-state index is 0.391. The van der Waals surface area contributed by atoms with Gasteiger partial charge in [-0.2, -0.15) is 0 Å². The SMILES string of the molecule is COc1ccc(OC)c(N=C[C@@H]2C(=O)NC(=O)N(c3ccccc3C)C2=O)c1. The zero-order valence-electron chi connectivity index (χ0n) is 15.6. The fraction of sp³-hybridized carbons (Fsp3) is 0.200. The summed E-state index contributed by atoms with van der Waals surface area (Å²) in [4.78, 5) is 42.6. The van der Waals surface area contributed by atoms with Crippen LogP contribution >= 0.6 is 0 Å². The quantitative estimate of drug-likeness (QED) is 0.634. The second kappa shape index (κ2) is 7.91. The Bertz CT molecular complexity index is 970. The summed E-state index contributed by atoms with van der Waals surface area (Å²) in [7, 11) is 3.00.